The highest BCUT2D eigenvalue weighted by molar-refractivity contribution is 7.14. The second kappa shape index (κ2) is 20.4. The highest BCUT2D eigenvalue weighted by Crippen LogP contribution is 2.26. The third-order valence-electron chi connectivity index (χ3n) is 6.57. The number of benzene rings is 1. The van der Waals surface area contributed by atoms with Gasteiger partial charge in [0.2, 0.25) is 6.10 Å². The lowest BCUT2D eigenvalue weighted by Gasteiger charge is -2.15. The molecule has 1 atom stereocenters. The van der Waals surface area contributed by atoms with Crippen molar-refractivity contribution in [3.63, 3.8) is 0 Å². The number of nitrogens with zero attached hydrogens (tertiary/aromatic N) is 2. The van der Waals surface area contributed by atoms with Gasteiger partial charge in [-0.15, -0.1) is 10.2 Å². The molecular formula is C31H48N2O5S. The Balaban J connectivity index is 1.61. The molecular weight excluding hydrogens is 512 g/mol. The Hall–Kier alpha value is -2.48. The number of unbranched alkanes of at least 4 members (excludes halogenated alkanes) is 12. The summed E-state index contributed by atoms with van der Waals surface area (Å²) in [7, 11) is 0. The summed E-state index contributed by atoms with van der Waals surface area (Å²) < 4.78 is 15.8. The molecule has 0 amide bonds. The zero-order valence-corrected chi connectivity index (χ0v) is 25.1. The number of ether oxygens (including phenoxy) is 3. The van der Waals surface area contributed by atoms with Crippen LogP contribution in [0.5, 0.6) is 5.75 Å². The Bertz CT molecular complexity index is 931. The van der Waals surface area contributed by atoms with Crippen molar-refractivity contribution < 1.29 is 23.8 Å². The van der Waals surface area contributed by atoms with Gasteiger partial charge in [0, 0.05) is 25.3 Å². The van der Waals surface area contributed by atoms with Gasteiger partial charge in [-0.25, -0.2) is 4.79 Å². The second-order valence-electron chi connectivity index (χ2n) is 10.0. The maximum absolute atomic E-state index is 11.9. The first-order chi connectivity index (χ1) is 19.0. The first kappa shape index (κ1) is 32.7. The number of hydrogen-bond acceptors (Lipinski definition) is 8. The van der Waals surface area contributed by atoms with Crippen molar-refractivity contribution in [2.24, 2.45) is 0 Å². The lowest BCUT2D eigenvalue weighted by atomic mass is 10.0. The molecule has 0 aliphatic rings. The molecule has 0 saturated carbocycles. The molecule has 39 heavy (non-hydrogen) atoms. The van der Waals surface area contributed by atoms with E-state index in [9.17, 15) is 9.59 Å². The summed E-state index contributed by atoms with van der Waals surface area (Å²) in [5, 5.41) is 10.8. The second-order valence-corrected chi connectivity index (χ2v) is 11.1. The van der Waals surface area contributed by atoms with Crippen LogP contribution in [-0.4, -0.2) is 41.5 Å². The van der Waals surface area contributed by atoms with Gasteiger partial charge >= 0.3 is 11.9 Å². The van der Waals surface area contributed by atoms with E-state index >= 15 is 0 Å². The van der Waals surface area contributed by atoms with Gasteiger partial charge in [-0.05, 0) is 37.6 Å². The van der Waals surface area contributed by atoms with Crippen LogP contribution in [0.15, 0.2) is 24.3 Å². The number of aryl methyl sites for hydroxylation is 1. The average molecular weight is 561 g/mol. The number of carbonyl (C=O) groups is 2. The summed E-state index contributed by atoms with van der Waals surface area (Å²) in [5.41, 5.74) is 1.00. The molecule has 0 aliphatic heterocycles. The van der Waals surface area contributed by atoms with Crippen LogP contribution in [0.2, 0.25) is 0 Å². The topological polar surface area (TPSA) is 87.6 Å². The predicted molar refractivity (Wildman–Crippen MR) is 157 cm³/mol. The molecule has 2 aromatic rings. The van der Waals surface area contributed by atoms with E-state index in [4.69, 9.17) is 14.2 Å². The molecule has 8 heteroatoms. The number of aromatic nitrogens is 2. The molecule has 0 spiro atoms. The minimum atomic E-state index is -0.962. The smallest absolute Gasteiger partial charge is 0.347 e. The number of carbonyl (C=O) groups excluding carboxylic acids is 2. The monoisotopic (exact) mass is 560 g/mol. The van der Waals surface area contributed by atoms with Crippen molar-refractivity contribution >= 4 is 23.3 Å². The quantitative estimate of drug-likeness (QED) is 0.106. The third-order valence-corrected chi connectivity index (χ3v) is 7.60. The van der Waals surface area contributed by atoms with Gasteiger partial charge in [-0.1, -0.05) is 95.3 Å². The summed E-state index contributed by atoms with van der Waals surface area (Å²) in [5.74, 6) is -0.415. The zero-order valence-electron chi connectivity index (χ0n) is 24.3. The van der Waals surface area contributed by atoms with Crippen LogP contribution in [0.4, 0.5) is 0 Å². The standard InChI is InChI=1S/C31H48N2O5S/c1-4-6-7-8-9-10-11-12-13-14-15-16-17-18-29-32-33-30(39-29)26-19-21-27(22-20-26)37-24-23-28(38-25(3)34)31(35)36-5-2/h19-22,28H,4-18,23-24H2,1-3H3/t28-/m0/s1. The Morgan fingerprint density at radius 1 is 0.821 bits per heavy atom. The van der Waals surface area contributed by atoms with E-state index in [1.54, 1.807) is 18.3 Å². The molecule has 0 saturated heterocycles. The van der Waals surface area contributed by atoms with Gasteiger partial charge in [0.15, 0.2) is 0 Å². The summed E-state index contributed by atoms with van der Waals surface area (Å²) in [6, 6.07) is 7.65. The highest BCUT2D eigenvalue weighted by atomic mass is 32.1. The number of esters is 2. The van der Waals surface area contributed by atoms with Gasteiger partial charge in [0.1, 0.15) is 15.8 Å². The molecule has 1 aromatic heterocycles. The van der Waals surface area contributed by atoms with Crippen LogP contribution in [0.25, 0.3) is 10.6 Å². The molecule has 2 rings (SSSR count). The summed E-state index contributed by atoms with van der Waals surface area (Å²) in [6.45, 7) is 5.70. The van der Waals surface area contributed by atoms with E-state index in [0.29, 0.717) is 5.75 Å². The fourth-order valence-electron chi connectivity index (χ4n) is 4.40. The van der Waals surface area contributed by atoms with E-state index in [2.05, 4.69) is 17.1 Å². The van der Waals surface area contributed by atoms with Gasteiger partial charge in [-0.2, -0.15) is 0 Å². The van der Waals surface area contributed by atoms with Crippen molar-refractivity contribution in [1.29, 1.82) is 0 Å². The van der Waals surface area contributed by atoms with Crippen LogP contribution in [-0.2, 0) is 25.5 Å². The van der Waals surface area contributed by atoms with Crippen LogP contribution in [0.1, 0.15) is 116 Å². The van der Waals surface area contributed by atoms with E-state index in [-0.39, 0.29) is 19.6 Å². The van der Waals surface area contributed by atoms with Gasteiger partial charge < -0.3 is 14.2 Å². The number of rotatable bonds is 22. The predicted octanol–water partition coefficient (Wildman–Crippen LogP) is 8.10. The fourth-order valence-corrected chi connectivity index (χ4v) is 5.29. The minimum absolute atomic E-state index is 0.220. The molecule has 0 N–H and O–H groups in total. The first-order valence-corrected chi connectivity index (χ1v) is 15.7. The maximum Gasteiger partial charge on any atom is 0.347 e. The van der Waals surface area contributed by atoms with E-state index in [1.165, 1.54) is 90.4 Å². The van der Waals surface area contributed by atoms with Crippen LogP contribution < -0.4 is 4.74 Å². The summed E-state index contributed by atoms with van der Waals surface area (Å²) in [4.78, 5) is 23.2. The summed E-state index contributed by atoms with van der Waals surface area (Å²) in [6.07, 6.45) is 17.9. The molecule has 0 unspecified atom stereocenters. The SMILES string of the molecule is CCCCCCCCCCCCCCCc1nnc(-c2ccc(OCC[C@H](OC(C)=O)C(=O)OCC)cc2)s1. The largest absolute Gasteiger partial charge is 0.493 e. The van der Waals surface area contributed by atoms with Gasteiger partial charge in [0.25, 0.3) is 0 Å². The highest BCUT2D eigenvalue weighted by Gasteiger charge is 2.23. The van der Waals surface area contributed by atoms with Crippen molar-refractivity contribution in [2.45, 2.75) is 123 Å². The normalized spacial score (nSPS) is 11.8. The van der Waals surface area contributed by atoms with E-state index in [0.717, 1.165) is 22.0 Å². The molecule has 7 nitrogen and oxygen atoms in total. The van der Waals surface area contributed by atoms with Gasteiger partial charge in [0.05, 0.1) is 13.2 Å². The molecule has 0 bridgehead atoms. The van der Waals surface area contributed by atoms with Gasteiger partial charge in [-0.3, -0.25) is 4.79 Å². The van der Waals surface area contributed by atoms with E-state index < -0.39 is 18.0 Å². The zero-order chi connectivity index (χ0) is 28.1. The minimum Gasteiger partial charge on any atom is -0.493 e. The Kier molecular flexibility index (Phi) is 17.1. The fraction of sp³-hybridized carbons (Fsp3) is 0.677. The number of hydrogen-bond donors (Lipinski definition) is 0. The van der Waals surface area contributed by atoms with Crippen molar-refractivity contribution in [1.82, 2.24) is 10.2 Å². The van der Waals surface area contributed by atoms with Crippen LogP contribution in [0.3, 0.4) is 0 Å². The Morgan fingerprint density at radius 3 is 1.97 bits per heavy atom. The molecule has 0 fully saturated rings. The molecule has 1 aromatic carbocycles. The summed E-state index contributed by atoms with van der Waals surface area (Å²) >= 11 is 1.65. The molecule has 0 radical (unpaired) electrons. The lowest BCUT2D eigenvalue weighted by Crippen LogP contribution is -2.30. The van der Waals surface area contributed by atoms with Crippen molar-refractivity contribution in [2.75, 3.05) is 13.2 Å². The van der Waals surface area contributed by atoms with Crippen molar-refractivity contribution in [3.05, 3.63) is 29.3 Å². The molecule has 0 aliphatic carbocycles. The van der Waals surface area contributed by atoms with Crippen molar-refractivity contribution in [3.8, 4) is 16.3 Å². The molecule has 218 valence electrons. The van der Waals surface area contributed by atoms with Crippen LogP contribution in [0, 0.1) is 0 Å². The Labute approximate surface area is 239 Å². The van der Waals surface area contributed by atoms with Crippen LogP contribution >= 0.6 is 11.3 Å². The maximum atomic E-state index is 11.9. The Morgan fingerprint density at radius 2 is 1.41 bits per heavy atom. The lowest BCUT2D eigenvalue weighted by molar-refractivity contribution is -0.167. The average Bonchev–Trinajstić information content (AvgIpc) is 3.40. The first-order valence-electron chi connectivity index (χ1n) is 14.9. The third kappa shape index (κ3) is 14.5. The van der Waals surface area contributed by atoms with E-state index in [1.807, 2.05) is 24.3 Å². The molecule has 1 heterocycles.